The van der Waals surface area contributed by atoms with Crippen molar-refractivity contribution in [2.45, 2.75) is 64.1 Å². The van der Waals surface area contributed by atoms with Crippen LogP contribution in [0.4, 0.5) is 0 Å². The molecule has 3 aliphatic rings. The summed E-state index contributed by atoms with van der Waals surface area (Å²) in [4.78, 5) is 0. The summed E-state index contributed by atoms with van der Waals surface area (Å²) in [6.07, 6.45) is 6.69. The van der Waals surface area contributed by atoms with Gasteiger partial charge in [0.25, 0.3) is 0 Å². The summed E-state index contributed by atoms with van der Waals surface area (Å²) in [5.74, 6) is 3.65. The van der Waals surface area contributed by atoms with Crippen LogP contribution in [0, 0.1) is 17.3 Å². The normalized spacial score (nSPS) is 32.8. The Bertz CT molecular complexity index is 877. The Labute approximate surface area is 174 Å². The minimum absolute atomic E-state index is 0.113. The van der Waals surface area contributed by atoms with E-state index >= 15 is 0 Å². The third-order valence-corrected chi connectivity index (χ3v) is 8.20. The predicted octanol–water partition coefficient (Wildman–Crippen LogP) is 5.49. The Morgan fingerprint density at radius 3 is 2.66 bits per heavy atom. The van der Waals surface area contributed by atoms with Crippen LogP contribution >= 0.6 is 0 Å². The maximum absolute atomic E-state index is 10.6. The average molecular weight is 393 g/mol. The Morgan fingerprint density at radius 2 is 1.86 bits per heavy atom. The summed E-state index contributed by atoms with van der Waals surface area (Å²) in [6, 6.07) is 14.8. The quantitative estimate of drug-likeness (QED) is 0.748. The van der Waals surface area contributed by atoms with Gasteiger partial charge in [0, 0.05) is 0 Å². The first-order valence-corrected chi connectivity index (χ1v) is 11.2. The first-order chi connectivity index (χ1) is 14.1. The lowest BCUT2D eigenvalue weighted by molar-refractivity contribution is -0.0226. The van der Waals surface area contributed by atoms with Crippen LogP contribution in [0.1, 0.15) is 61.6 Å². The molecule has 29 heavy (non-hydrogen) atoms. The van der Waals surface area contributed by atoms with Gasteiger partial charge in [0.2, 0.25) is 0 Å². The van der Waals surface area contributed by atoms with Crippen molar-refractivity contribution in [1.82, 2.24) is 0 Å². The van der Waals surface area contributed by atoms with Crippen molar-refractivity contribution in [1.29, 1.82) is 0 Å². The highest BCUT2D eigenvalue weighted by atomic mass is 16.5. The molecule has 3 heteroatoms. The van der Waals surface area contributed by atoms with Gasteiger partial charge in [-0.25, -0.2) is 0 Å². The van der Waals surface area contributed by atoms with Crippen molar-refractivity contribution in [3.8, 4) is 11.5 Å². The standard InChI is InChI=1S/C26H32O3/c1-26-13-12-19-20(22(26)10-11-25(26)27)9-8-18-14-24(23(28-2)15-21(18)19)29-16-17-6-4-3-5-7-17/h3-7,14-15,19-20,22,25,27H,8-13,16H2,1-2H3. The number of methoxy groups -OCH3 is 1. The monoisotopic (exact) mass is 392 g/mol. The van der Waals surface area contributed by atoms with Gasteiger partial charge in [0.05, 0.1) is 13.2 Å². The van der Waals surface area contributed by atoms with Crippen LogP contribution in [-0.4, -0.2) is 18.3 Å². The molecular weight excluding hydrogens is 360 g/mol. The second-order valence-electron chi connectivity index (χ2n) is 9.53. The highest BCUT2D eigenvalue weighted by Gasteiger charge is 2.54. The maximum Gasteiger partial charge on any atom is 0.161 e. The largest absolute Gasteiger partial charge is 0.493 e. The first kappa shape index (κ1) is 19.0. The van der Waals surface area contributed by atoms with Gasteiger partial charge in [-0.2, -0.15) is 0 Å². The van der Waals surface area contributed by atoms with Gasteiger partial charge in [-0.05, 0) is 90.5 Å². The average Bonchev–Trinajstić information content (AvgIpc) is 3.06. The van der Waals surface area contributed by atoms with Crippen LogP contribution in [0.3, 0.4) is 0 Å². The molecular formula is C26H32O3. The summed E-state index contributed by atoms with van der Waals surface area (Å²) in [7, 11) is 1.74. The molecule has 0 aliphatic heterocycles. The SMILES string of the molecule is COc1cc2c(cc1OCc1ccccc1)CCC1C2CCC2(C)C(O)CCC12. The van der Waals surface area contributed by atoms with Crippen molar-refractivity contribution >= 4 is 0 Å². The summed E-state index contributed by atoms with van der Waals surface area (Å²) < 4.78 is 11.9. The fraction of sp³-hybridized carbons (Fsp3) is 0.538. The third-order valence-electron chi connectivity index (χ3n) is 8.20. The van der Waals surface area contributed by atoms with E-state index in [0.717, 1.165) is 30.8 Å². The number of aryl methyl sites for hydroxylation is 1. The van der Waals surface area contributed by atoms with Crippen LogP contribution in [-0.2, 0) is 13.0 Å². The van der Waals surface area contributed by atoms with Crippen LogP contribution in [0.15, 0.2) is 42.5 Å². The summed E-state index contributed by atoms with van der Waals surface area (Å²) in [6.45, 7) is 2.89. The molecule has 5 atom stereocenters. The lowest BCUT2D eigenvalue weighted by atomic mass is 9.55. The Kier molecular flexibility index (Phi) is 4.82. The van der Waals surface area contributed by atoms with Gasteiger partial charge in [-0.15, -0.1) is 0 Å². The second-order valence-corrected chi connectivity index (χ2v) is 9.53. The molecule has 0 bridgehead atoms. The van der Waals surface area contributed by atoms with Gasteiger partial charge in [-0.1, -0.05) is 37.3 Å². The van der Waals surface area contributed by atoms with Gasteiger partial charge >= 0.3 is 0 Å². The van der Waals surface area contributed by atoms with E-state index in [1.165, 1.54) is 36.0 Å². The Balaban J connectivity index is 1.41. The molecule has 2 saturated carbocycles. The second kappa shape index (κ2) is 7.36. The Morgan fingerprint density at radius 1 is 1.03 bits per heavy atom. The molecule has 2 fully saturated rings. The topological polar surface area (TPSA) is 38.7 Å². The summed E-state index contributed by atoms with van der Waals surface area (Å²) >= 11 is 0. The van der Waals surface area contributed by atoms with E-state index in [1.807, 2.05) is 18.2 Å². The van der Waals surface area contributed by atoms with E-state index in [4.69, 9.17) is 9.47 Å². The van der Waals surface area contributed by atoms with Crippen molar-refractivity contribution in [3.63, 3.8) is 0 Å². The van der Waals surface area contributed by atoms with Crippen LogP contribution in [0.5, 0.6) is 11.5 Å². The molecule has 2 aromatic carbocycles. The molecule has 5 rings (SSSR count). The van der Waals surface area contributed by atoms with Crippen molar-refractivity contribution in [2.75, 3.05) is 7.11 Å². The molecule has 3 nitrogen and oxygen atoms in total. The first-order valence-electron chi connectivity index (χ1n) is 11.2. The number of rotatable bonds is 4. The zero-order valence-corrected chi connectivity index (χ0v) is 17.6. The smallest absolute Gasteiger partial charge is 0.161 e. The molecule has 0 radical (unpaired) electrons. The molecule has 154 valence electrons. The summed E-state index contributed by atoms with van der Waals surface area (Å²) in [5.41, 5.74) is 4.19. The van der Waals surface area contributed by atoms with Gasteiger partial charge in [-0.3, -0.25) is 0 Å². The van der Waals surface area contributed by atoms with Crippen LogP contribution in [0.2, 0.25) is 0 Å². The zero-order valence-electron chi connectivity index (χ0n) is 17.6. The molecule has 0 aromatic heterocycles. The molecule has 0 heterocycles. The number of hydrogen-bond acceptors (Lipinski definition) is 3. The Hall–Kier alpha value is -2.00. The van der Waals surface area contributed by atoms with E-state index in [2.05, 4.69) is 31.2 Å². The van der Waals surface area contributed by atoms with Crippen molar-refractivity contribution in [2.24, 2.45) is 17.3 Å². The van der Waals surface area contributed by atoms with E-state index < -0.39 is 0 Å². The molecule has 5 unspecified atom stereocenters. The number of fused-ring (bicyclic) bond motifs is 5. The van der Waals surface area contributed by atoms with Crippen LogP contribution < -0.4 is 9.47 Å². The zero-order chi connectivity index (χ0) is 20.0. The molecule has 0 amide bonds. The van der Waals surface area contributed by atoms with Gasteiger partial charge in [0.1, 0.15) is 6.61 Å². The minimum atomic E-state index is -0.113. The number of aliphatic hydroxyl groups is 1. The van der Waals surface area contributed by atoms with E-state index in [0.29, 0.717) is 24.4 Å². The van der Waals surface area contributed by atoms with E-state index in [-0.39, 0.29) is 11.5 Å². The lowest BCUT2D eigenvalue weighted by Crippen LogP contribution is -2.43. The van der Waals surface area contributed by atoms with Crippen molar-refractivity contribution < 1.29 is 14.6 Å². The van der Waals surface area contributed by atoms with E-state index in [9.17, 15) is 5.11 Å². The van der Waals surface area contributed by atoms with Gasteiger partial charge in [0.15, 0.2) is 11.5 Å². The third kappa shape index (κ3) is 3.15. The predicted molar refractivity (Wildman–Crippen MR) is 114 cm³/mol. The fourth-order valence-electron chi connectivity index (χ4n) is 6.56. The highest BCUT2D eigenvalue weighted by Crippen LogP contribution is 2.61. The highest BCUT2D eigenvalue weighted by molar-refractivity contribution is 5.50. The van der Waals surface area contributed by atoms with Crippen molar-refractivity contribution in [3.05, 3.63) is 59.2 Å². The minimum Gasteiger partial charge on any atom is -0.493 e. The molecule has 0 spiro atoms. The molecule has 0 saturated heterocycles. The molecule has 2 aromatic rings. The number of benzene rings is 2. The molecule has 3 aliphatic carbocycles. The summed E-state index contributed by atoms with van der Waals surface area (Å²) in [5, 5.41) is 10.6. The van der Waals surface area contributed by atoms with Gasteiger partial charge < -0.3 is 14.6 Å². The molecule has 1 N–H and O–H groups in total. The lowest BCUT2D eigenvalue weighted by Gasteiger charge is -2.50. The number of hydrogen-bond donors (Lipinski definition) is 1. The maximum atomic E-state index is 10.6. The van der Waals surface area contributed by atoms with E-state index in [1.54, 1.807) is 7.11 Å². The number of aliphatic hydroxyl groups excluding tert-OH is 1. The number of ether oxygens (including phenoxy) is 2. The fourth-order valence-corrected chi connectivity index (χ4v) is 6.56. The van der Waals surface area contributed by atoms with Crippen LogP contribution in [0.25, 0.3) is 0 Å².